The van der Waals surface area contributed by atoms with Crippen LogP contribution in [-0.4, -0.2) is 23.3 Å². The molecule has 5 nitrogen and oxygen atoms in total. The zero-order valence-electron chi connectivity index (χ0n) is 12.3. The fraction of sp³-hybridized carbons (Fsp3) is 0.250. The van der Waals surface area contributed by atoms with Crippen LogP contribution in [0.15, 0.2) is 36.5 Å². The smallest absolute Gasteiger partial charge is 0.172 e. The SMILES string of the molecule is Cc1ccnc(NC(=S)NCc2ccc3c(c2)OCCO3)c1. The van der Waals surface area contributed by atoms with E-state index in [0.717, 1.165) is 28.4 Å². The van der Waals surface area contributed by atoms with E-state index in [1.165, 1.54) is 0 Å². The number of nitrogens with one attached hydrogen (secondary N) is 2. The molecule has 0 saturated heterocycles. The molecule has 2 N–H and O–H groups in total. The van der Waals surface area contributed by atoms with E-state index in [1.54, 1.807) is 6.20 Å². The van der Waals surface area contributed by atoms with Crippen molar-refractivity contribution < 1.29 is 9.47 Å². The molecule has 1 aromatic heterocycles. The number of thiocarbonyl (C=S) groups is 1. The average Bonchev–Trinajstić information content (AvgIpc) is 2.53. The zero-order chi connectivity index (χ0) is 15.4. The Hall–Kier alpha value is -2.34. The molecule has 0 fully saturated rings. The van der Waals surface area contributed by atoms with Crippen molar-refractivity contribution in [3.63, 3.8) is 0 Å². The summed E-state index contributed by atoms with van der Waals surface area (Å²) in [7, 11) is 0. The van der Waals surface area contributed by atoms with Crippen molar-refractivity contribution in [1.29, 1.82) is 0 Å². The molecule has 114 valence electrons. The maximum absolute atomic E-state index is 5.57. The molecule has 1 aliphatic rings. The summed E-state index contributed by atoms with van der Waals surface area (Å²) in [5.74, 6) is 2.31. The van der Waals surface area contributed by atoms with E-state index in [2.05, 4.69) is 15.6 Å². The molecule has 0 atom stereocenters. The largest absolute Gasteiger partial charge is 0.486 e. The molecule has 1 aliphatic heterocycles. The Labute approximate surface area is 134 Å². The van der Waals surface area contributed by atoms with Gasteiger partial charge in [-0.15, -0.1) is 0 Å². The van der Waals surface area contributed by atoms with Crippen LogP contribution in [0.2, 0.25) is 0 Å². The third kappa shape index (κ3) is 3.65. The highest BCUT2D eigenvalue weighted by Crippen LogP contribution is 2.30. The second-order valence-corrected chi connectivity index (χ2v) is 5.41. The van der Waals surface area contributed by atoms with Crippen LogP contribution in [-0.2, 0) is 6.54 Å². The summed E-state index contributed by atoms with van der Waals surface area (Å²) in [6, 6.07) is 9.77. The van der Waals surface area contributed by atoms with E-state index in [-0.39, 0.29) is 0 Å². The van der Waals surface area contributed by atoms with Crippen molar-refractivity contribution in [1.82, 2.24) is 10.3 Å². The number of hydrogen-bond acceptors (Lipinski definition) is 4. The van der Waals surface area contributed by atoms with Gasteiger partial charge in [0.2, 0.25) is 0 Å². The third-order valence-electron chi connectivity index (χ3n) is 3.22. The first kappa shape index (κ1) is 14.6. The van der Waals surface area contributed by atoms with Gasteiger partial charge >= 0.3 is 0 Å². The van der Waals surface area contributed by atoms with Gasteiger partial charge in [-0.05, 0) is 54.5 Å². The lowest BCUT2D eigenvalue weighted by Crippen LogP contribution is -2.28. The van der Waals surface area contributed by atoms with E-state index in [9.17, 15) is 0 Å². The molecule has 0 amide bonds. The molecule has 2 aromatic rings. The quantitative estimate of drug-likeness (QED) is 0.849. The van der Waals surface area contributed by atoms with Gasteiger partial charge in [0, 0.05) is 12.7 Å². The number of nitrogens with zero attached hydrogens (tertiary/aromatic N) is 1. The van der Waals surface area contributed by atoms with E-state index >= 15 is 0 Å². The Bertz CT molecular complexity index is 691. The molecule has 0 bridgehead atoms. The Morgan fingerprint density at radius 2 is 2.00 bits per heavy atom. The van der Waals surface area contributed by atoms with Crippen molar-refractivity contribution in [2.24, 2.45) is 0 Å². The molecule has 1 aromatic carbocycles. The fourth-order valence-electron chi connectivity index (χ4n) is 2.15. The van der Waals surface area contributed by atoms with Crippen LogP contribution in [0.3, 0.4) is 0 Å². The summed E-state index contributed by atoms with van der Waals surface area (Å²) in [5.41, 5.74) is 2.21. The predicted molar refractivity (Wildman–Crippen MR) is 89.5 cm³/mol. The number of anilines is 1. The monoisotopic (exact) mass is 315 g/mol. The first-order valence-corrected chi connectivity index (χ1v) is 7.47. The minimum absolute atomic E-state index is 0.535. The van der Waals surface area contributed by atoms with E-state index in [0.29, 0.717) is 24.9 Å². The maximum atomic E-state index is 5.57. The number of fused-ring (bicyclic) bond motifs is 1. The first-order valence-electron chi connectivity index (χ1n) is 7.07. The van der Waals surface area contributed by atoms with E-state index < -0.39 is 0 Å². The maximum Gasteiger partial charge on any atom is 0.172 e. The minimum Gasteiger partial charge on any atom is -0.486 e. The lowest BCUT2D eigenvalue weighted by Gasteiger charge is -2.19. The average molecular weight is 315 g/mol. The van der Waals surface area contributed by atoms with Crippen LogP contribution < -0.4 is 20.1 Å². The van der Waals surface area contributed by atoms with E-state index in [4.69, 9.17) is 21.7 Å². The van der Waals surface area contributed by atoms with Gasteiger partial charge in [0.15, 0.2) is 16.6 Å². The van der Waals surface area contributed by atoms with Gasteiger partial charge in [-0.2, -0.15) is 0 Å². The van der Waals surface area contributed by atoms with Crippen LogP contribution in [0.5, 0.6) is 11.5 Å². The lowest BCUT2D eigenvalue weighted by atomic mass is 10.2. The molecule has 6 heteroatoms. The van der Waals surface area contributed by atoms with E-state index in [1.807, 2.05) is 37.3 Å². The van der Waals surface area contributed by atoms with Crippen molar-refractivity contribution in [2.75, 3.05) is 18.5 Å². The molecular formula is C16H17N3O2S. The summed E-state index contributed by atoms with van der Waals surface area (Å²) in [6.45, 7) is 3.80. The summed E-state index contributed by atoms with van der Waals surface area (Å²) < 4.78 is 11.1. The molecule has 0 radical (unpaired) electrons. The van der Waals surface area contributed by atoms with Gasteiger partial charge in [0.05, 0.1) is 0 Å². The second kappa shape index (κ2) is 6.62. The molecule has 22 heavy (non-hydrogen) atoms. The molecule has 0 aliphatic carbocycles. The Morgan fingerprint density at radius 1 is 1.18 bits per heavy atom. The minimum atomic E-state index is 0.535. The molecule has 2 heterocycles. The van der Waals surface area contributed by atoms with Gasteiger partial charge in [-0.25, -0.2) is 4.98 Å². The Balaban J connectivity index is 1.57. The predicted octanol–water partition coefficient (Wildman–Crippen LogP) is 2.65. The van der Waals surface area contributed by atoms with Gasteiger partial charge < -0.3 is 20.1 Å². The summed E-state index contributed by atoms with van der Waals surface area (Å²) >= 11 is 5.28. The third-order valence-corrected chi connectivity index (χ3v) is 3.46. The number of benzene rings is 1. The number of hydrogen-bond donors (Lipinski definition) is 2. The number of aromatic nitrogens is 1. The van der Waals surface area contributed by atoms with Crippen molar-refractivity contribution in [3.05, 3.63) is 47.7 Å². The molecule has 0 spiro atoms. The Morgan fingerprint density at radius 3 is 2.82 bits per heavy atom. The fourth-order valence-corrected chi connectivity index (χ4v) is 2.32. The van der Waals surface area contributed by atoms with Crippen LogP contribution >= 0.6 is 12.2 Å². The zero-order valence-corrected chi connectivity index (χ0v) is 13.1. The summed E-state index contributed by atoms with van der Waals surface area (Å²) in [5, 5.41) is 6.76. The van der Waals surface area contributed by atoms with Crippen molar-refractivity contribution >= 4 is 23.1 Å². The second-order valence-electron chi connectivity index (χ2n) is 5.00. The number of rotatable bonds is 3. The molecule has 0 saturated carbocycles. The molecule has 3 rings (SSSR count). The van der Waals surface area contributed by atoms with Crippen LogP contribution in [0, 0.1) is 6.92 Å². The highest BCUT2D eigenvalue weighted by Gasteiger charge is 2.11. The highest BCUT2D eigenvalue weighted by atomic mass is 32.1. The van der Waals surface area contributed by atoms with Crippen LogP contribution in [0.25, 0.3) is 0 Å². The van der Waals surface area contributed by atoms with Gasteiger partial charge in [0.25, 0.3) is 0 Å². The number of aryl methyl sites for hydroxylation is 1. The standard InChI is InChI=1S/C16H17N3O2S/c1-11-4-5-17-15(8-11)19-16(22)18-10-12-2-3-13-14(9-12)21-7-6-20-13/h2-5,8-9H,6-7,10H2,1H3,(H2,17,18,19,22). The summed E-state index contributed by atoms with van der Waals surface area (Å²) in [4.78, 5) is 4.22. The normalized spacial score (nSPS) is 12.6. The van der Waals surface area contributed by atoms with Gasteiger partial charge in [-0.1, -0.05) is 6.07 Å². The number of ether oxygens (including phenoxy) is 2. The molecule has 0 unspecified atom stereocenters. The highest BCUT2D eigenvalue weighted by molar-refractivity contribution is 7.80. The molecular weight excluding hydrogens is 298 g/mol. The topological polar surface area (TPSA) is 55.4 Å². The van der Waals surface area contributed by atoms with Crippen LogP contribution in [0.4, 0.5) is 5.82 Å². The lowest BCUT2D eigenvalue weighted by molar-refractivity contribution is 0.171. The van der Waals surface area contributed by atoms with Crippen molar-refractivity contribution in [2.45, 2.75) is 13.5 Å². The first-order chi connectivity index (χ1) is 10.7. The van der Waals surface area contributed by atoms with Gasteiger partial charge in [0.1, 0.15) is 19.0 Å². The van der Waals surface area contributed by atoms with Gasteiger partial charge in [-0.3, -0.25) is 0 Å². The Kier molecular flexibility index (Phi) is 4.39. The van der Waals surface area contributed by atoms with Crippen molar-refractivity contribution in [3.8, 4) is 11.5 Å². The van der Waals surface area contributed by atoms with Crippen LogP contribution in [0.1, 0.15) is 11.1 Å². The number of pyridine rings is 1. The summed E-state index contributed by atoms with van der Waals surface area (Å²) in [6.07, 6.45) is 1.75.